The van der Waals surface area contributed by atoms with Gasteiger partial charge in [-0.2, -0.15) is 5.10 Å². The molecule has 0 radical (unpaired) electrons. The lowest BCUT2D eigenvalue weighted by atomic mass is 9.89. The fraction of sp³-hybridized carbons (Fsp3) is 0.643. The molecule has 0 aromatic heterocycles. The number of allylic oxidation sites excluding steroid dienone is 1. The molecule has 1 rings (SSSR count). The first-order valence-electron chi connectivity index (χ1n) is 6.07. The Kier molecular flexibility index (Phi) is 4.34. The van der Waals surface area contributed by atoms with Crippen molar-refractivity contribution in [2.75, 3.05) is 6.54 Å². The molecule has 1 aliphatic carbocycles. The van der Waals surface area contributed by atoms with E-state index in [-0.39, 0.29) is 0 Å². The molecule has 0 atom stereocenters. The highest BCUT2D eigenvalue weighted by Crippen LogP contribution is 2.38. The minimum absolute atomic E-state index is 0.410. The Morgan fingerprint density at radius 3 is 2.38 bits per heavy atom. The summed E-state index contributed by atoms with van der Waals surface area (Å²) in [7, 11) is 0. The molecule has 90 valence electrons. The molecule has 1 fully saturated rings. The number of hydrazone groups is 1. The Labute approximate surface area is 99.7 Å². The maximum atomic E-state index is 4.54. The lowest BCUT2D eigenvalue weighted by molar-refractivity contribution is 0.222. The van der Waals surface area contributed by atoms with Crippen LogP contribution in [-0.4, -0.2) is 17.3 Å². The normalized spacial score (nSPS) is 19.6. The Bertz CT molecular complexity index is 296. The lowest BCUT2D eigenvalue weighted by Crippen LogP contribution is -2.28. The van der Waals surface area contributed by atoms with Crippen LogP contribution in [0, 0.1) is 5.41 Å². The minimum atomic E-state index is 0.410. The van der Waals surface area contributed by atoms with E-state index in [2.05, 4.69) is 25.2 Å². The topological polar surface area (TPSA) is 15.6 Å². The van der Waals surface area contributed by atoms with Crippen molar-refractivity contribution in [1.82, 2.24) is 5.01 Å². The molecule has 0 unspecified atom stereocenters. The van der Waals surface area contributed by atoms with E-state index in [9.17, 15) is 0 Å². The number of hydrogen-bond donors (Lipinski definition) is 0. The van der Waals surface area contributed by atoms with Gasteiger partial charge in [-0.05, 0) is 37.7 Å². The molecule has 0 saturated heterocycles. The maximum Gasteiger partial charge on any atom is 0.0601 e. The first kappa shape index (κ1) is 13.0. The molecule has 16 heavy (non-hydrogen) atoms. The van der Waals surface area contributed by atoms with Gasteiger partial charge in [-0.15, -0.1) is 0 Å². The van der Waals surface area contributed by atoms with Crippen molar-refractivity contribution in [3.8, 4) is 0 Å². The SMILES string of the molecule is C=CN(CC1(C)CCCC1)/N=C(\C)C(=C)C. The molecule has 2 heteroatoms. The van der Waals surface area contributed by atoms with Crippen LogP contribution >= 0.6 is 0 Å². The predicted molar refractivity (Wildman–Crippen MR) is 71.4 cm³/mol. The van der Waals surface area contributed by atoms with Gasteiger partial charge in [0.25, 0.3) is 0 Å². The summed E-state index contributed by atoms with van der Waals surface area (Å²) in [5, 5.41) is 6.50. The minimum Gasteiger partial charge on any atom is -0.273 e. The number of nitrogens with zero attached hydrogens (tertiary/aromatic N) is 2. The van der Waals surface area contributed by atoms with E-state index in [1.165, 1.54) is 25.7 Å². The summed E-state index contributed by atoms with van der Waals surface area (Å²) in [6.45, 7) is 15.0. The highest BCUT2D eigenvalue weighted by Gasteiger charge is 2.30. The number of rotatable bonds is 5. The molecule has 2 nitrogen and oxygen atoms in total. The summed E-state index contributed by atoms with van der Waals surface area (Å²) in [6.07, 6.45) is 7.13. The lowest BCUT2D eigenvalue weighted by Gasteiger charge is -2.28. The van der Waals surface area contributed by atoms with Crippen LogP contribution < -0.4 is 0 Å². The molecular weight excluding hydrogens is 196 g/mol. The molecule has 0 aromatic carbocycles. The number of hydrogen-bond acceptors (Lipinski definition) is 2. The van der Waals surface area contributed by atoms with Gasteiger partial charge in [-0.1, -0.05) is 32.9 Å². The maximum absolute atomic E-state index is 4.54. The summed E-state index contributed by atoms with van der Waals surface area (Å²) in [4.78, 5) is 0. The third kappa shape index (κ3) is 3.51. The average molecular weight is 220 g/mol. The third-order valence-electron chi connectivity index (χ3n) is 3.46. The standard InChI is InChI=1S/C14H24N2/c1-6-16(15-13(4)12(2)3)11-14(5)9-7-8-10-14/h6H,1-2,7-11H2,3-5H3/b15-13+. The second kappa shape index (κ2) is 5.33. The summed E-state index contributed by atoms with van der Waals surface area (Å²) < 4.78 is 0. The second-order valence-electron chi connectivity index (χ2n) is 5.26. The fourth-order valence-electron chi connectivity index (χ4n) is 2.20. The van der Waals surface area contributed by atoms with Crippen LogP contribution in [0.25, 0.3) is 0 Å². The monoisotopic (exact) mass is 220 g/mol. The molecule has 0 aromatic rings. The van der Waals surface area contributed by atoms with Crippen molar-refractivity contribution in [3.05, 3.63) is 24.9 Å². The van der Waals surface area contributed by atoms with E-state index in [1.807, 2.05) is 25.1 Å². The average Bonchev–Trinajstić information content (AvgIpc) is 2.63. The van der Waals surface area contributed by atoms with Gasteiger partial charge in [0.05, 0.1) is 5.71 Å². The molecule has 1 aliphatic rings. The van der Waals surface area contributed by atoms with Crippen LogP contribution in [0.3, 0.4) is 0 Å². The first-order chi connectivity index (χ1) is 7.47. The van der Waals surface area contributed by atoms with Gasteiger partial charge in [-0.3, -0.25) is 5.01 Å². The van der Waals surface area contributed by atoms with Crippen molar-refractivity contribution in [3.63, 3.8) is 0 Å². The van der Waals surface area contributed by atoms with E-state index >= 15 is 0 Å². The highest BCUT2D eigenvalue weighted by atomic mass is 15.4. The Hall–Kier alpha value is -1.05. The van der Waals surface area contributed by atoms with Crippen LogP contribution in [0.2, 0.25) is 0 Å². The Morgan fingerprint density at radius 2 is 1.94 bits per heavy atom. The molecule has 0 spiro atoms. The smallest absolute Gasteiger partial charge is 0.0601 e. The Morgan fingerprint density at radius 1 is 1.38 bits per heavy atom. The fourth-order valence-corrected chi connectivity index (χ4v) is 2.20. The largest absolute Gasteiger partial charge is 0.273 e. The van der Waals surface area contributed by atoms with Crippen LogP contribution in [0.4, 0.5) is 0 Å². The van der Waals surface area contributed by atoms with E-state index in [0.717, 1.165) is 17.8 Å². The molecule has 0 aliphatic heterocycles. The summed E-state index contributed by atoms with van der Waals surface area (Å²) in [5.41, 5.74) is 2.41. The molecular formula is C14H24N2. The van der Waals surface area contributed by atoms with Gasteiger partial charge in [0.15, 0.2) is 0 Å². The van der Waals surface area contributed by atoms with Crippen LogP contribution in [-0.2, 0) is 0 Å². The quantitative estimate of drug-likeness (QED) is 0.506. The summed E-state index contributed by atoms with van der Waals surface area (Å²) in [5.74, 6) is 0. The molecule has 1 saturated carbocycles. The van der Waals surface area contributed by atoms with Crippen LogP contribution in [0.5, 0.6) is 0 Å². The molecule has 0 amide bonds. The van der Waals surface area contributed by atoms with Crippen molar-refractivity contribution in [2.45, 2.75) is 46.5 Å². The third-order valence-corrected chi connectivity index (χ3v) is 3.46. The molecule has 0 bridgehead atoms. The summed E-state index contributed by atoms with van der Waals surface area (Å²) >= 11 is 0. The molecule has 0 N–H and O–H groups in total. The Balaban J connectivity index is 2.65. The zero-order valence-electron chi connectivity index (χ0n) is 10.9. The first-order valence-corrected chi connectivity index (χ1v) is 6.07. The van der Waals surface area contributed by atoms with E-state index in [1.54, 1.807) is 0 Å². The zero-order valence-corrected chi connectivity index (χ0v) is 10.9. The van der Waals surface area contributed by atoms with Gasteiger partial charge < -0.3 is 0 Å². The van der Waals surface area contributed by atoms with Crippen molar-refractivity contribution in [2.24, 2.45) is 10.5 Å². The van der Waals surface area contributed by atoms with Crippen molar-refractivity contribution in [1.29, 1.82) is 0 Å². The van der Waals surface area contributed by atoms with Crippen LogP contribution in [0.1, 0.15) is 46.5 Å². The van der Waals surface area contributed by atoms with Gasteiger partial charge in [-0.25, -0.2) is 0 Å². The van der Waals surface area contributed by atoms with Crippen molar-refractivity contribution >= 4 is 5.71 Å². The van der Waals surface area contributed by atoms with E-state index < -0.39 is 0 Å². The zero-order chi connectivity index (χ0) is 12.2. The molecule has 0 heterocycles. The second-order valence-corrected chi connectivity index (χ2v) is 5.26. The van der Waals surface area contributed by atoms with E-state index in [4.69, 9.17) is 0 Å². The summed E-state index contributed by atoms with van der Waals surface area (Å²) in [6, 6.07) is 0. The highest BCUT2D eigenvalue weighted by molar-refractivity contribution is 5.96. The van der Waals surface area contributed by atoms with Gasteiger partial charge in [0, 0.05) is 12.7 Å². The van der Waals surface area contributed by atoms with Crippen LogP contribution in [0.15, 0.2) is 30.0 Å². The van der Waals surface area contributed by atoms with Gasteiger partial charge >= 0.3 is 0 Å². The van der Waals surface area contributed by atoms with Crippen molar-refractivity contribution < 1.29 is 0 Å². The van der Waals surface area contributed by atoms with Gasteiger partial charge in [0.2, 0.25) is 0 Å². The predicted octanol–water partition coefficient (Wildman–Crippen LogP) is 3.96. The van der Waals surface area contributed by atoms with Gasteiger partial charge in [0.1, 0.15) is 0 Å². The van der Waals surface area contributed by atoms with E-state index in [0.29, 0.717) is 5.41 Å².